The van der Waals surface area contributed by atoms with Gasteiger partial charge in [-0.05, 0) is 24.8 Å². The van der Waals surface area contributed by atoms with Gasteiger partial charge in [0.25, 0.3) is 11.6 Å². The van der Waals surface area contributed by atoms with Crippen LogP contribution in [0.4, 0.5) is 11.4 Å². The van der Waals surface area contributed by atoms with Crippen molar-refractivity contribution in [1.82, 2.24) is 4.90 Å². The number of hydrazine groups is 1. The number of hydrogen-bond donors (Lipinski definition) is 2. The highest BCUT2D eigenvalue weighted by atomic mass is 16.6. The van der Waals surface area contributed by atoms with Gasteiger partial charge in [-0.2, -0.15) is 0 Å². The van der Waals surface area contributed by atoms with Crippen molar-refractivity contribution >= 4 is 17.3 Å². The van der Waals surface area contributed by atoms with Crippen molar-refractivity contribution in [2.45, 2.75) is 19.3 Å². The van der Waals surface area contributed by atoms with Gasteiger partial charge in [0.15, 0.2) is 0 Å². The first-order chi connectivity index (χ1) is 9.54. The van der Waals surface area contributed by atoms with E-state index >= 15 is 0 Å². The van der Waals surface area contributed by atoms with Crippen molar-refractivity contribution in [3.63, 3.8) is 0 Å². The molecule has 0 spiro atoms. The van der Waals surface area contributed by atoms with Crippen LogP contribution in [0.1, 0.15) is 29.6 Å². The van der Waals surface area contributed by atoms with Crippen LogP contribution in [-0.4, -0.2) is 29.3 Å². The van der Waals surface area contributed by atoms with E-state index in [2.05, 4.69) is 5.43 Å². The van der Waals surface area contributed by atoms with E-state index in [0.29, 0.717) is 12.5 Å². The van der Waals surface area contributed by atoms with Crippen molar-refractivity contribution in [3.05, 3.63) is 33.9 Å². The zero-order valence-electron chi connectivity index (χ0n) is 11.3. The van der Waals surface area contributed by atoms with Crippen LogP contribution in [-0.2, 0) is 0 Å². The normalized spacial score (nSPS) is 14.5. The Hall–Kier alpha value is -2.15. The van der Waals surface area contributed by atoms with Crippen LogP contribution in [0.5, 0.6) is 0 Å². The molecular formula is C13H18N4O3. The summed E-state index contributed by atoms with van der Waals surface area (Å²) in [6, 6.07) is 4.35. The van der Waals surface area contributed by atoms with Gasteiger partial charge in [0.05, 0.1) is 10.5 Å². The predicted octanol–water partition coefficient (Wildman–Crippen LogP) is 1.75. The van der Waals surface area contributed by atoms with Gasteiger partial charge in [-0.15, -0.1) is 0 Å². The van der Waals surface area contributed by atoms with Gasteiger partial charge in [0, 0.05) is 19.7 Å². The number of nitro benzene ring substituents is 1. The molecule has 1 fully saturated rings. The van der Waals surface area contributed by atoms with Crippen molar-refractivity contribution in [3.8, 4) is 0 Å². The lowest BCUT2D eigenvalue weighted by atomic mass is 9.85. The molecule has 0 unspecified atom stereocenters. The molecule has 0 aromatic heterocycles. The summed E-state index contributed by atoms with van der Waals surface area (Å²) < 4.78 is 0. The Bertz CT molecular complexity index is 528. The number of nitrogens with zero attached hydrogens (tertiary/aromatic N) is 2. The van der Waals surface area contributed by atoms with E-state index in [-0.39, 0.29) is 22.8 Å². The van der Waals surface area contributed by atoms with Crippen LogP contribution in [0.2, 0.25) is 0 Å². The molecule has 0 heterocycles. The number of carbonyl (C=O) groups excluding carboxylic acids is 1. The molecule has 1 saturated carbocycles. The summed E-state index contributed by atoms with van der Waals surface area (Å²) in [6.07, 6.45) is 3.47. The Morgan fingerprint density at radius 2 is 2.25 bits per heavy atom. The summed E-state index contributed by atoms with van der Waals surface area (Å²) in [6.45, 7) is 0.672. The molecule has 1 amide bonds. The van der Waals surface area contributed by atoms with Crippen LogP contribution < -0.4 is 11.3 Å². The lowest BCUT2D eigenvalue weighted by molar-refractivity contribution is -0.384. The zero-order valence-corrected chi connectivity index (χ0v) is 11.3. The van der Waals surface area contributed by atoms with Gasteiger partial charge in [0.2, 0.25) is 0 Å². The molecule has 1 aromatic rings. The molecular weight excluding hydrogens is 260 g/mol. The quantitative estimate of drug-likeness (QED) is 0.485. The van der Waals surface area contributed by atoms with Crippen molar-refractivity contribution in [2.24, 2.45) is 11.8 Å². The molecule has 1 aromatic carbocycles. The number of nitro groups is 1. The van der Waals surface area contributed by atoms with E-state index in [1.165, 1.54) is 18.6 Å². The maximum absolute atomic E-state index is 12.4. The van der Waals surface area contributed by atoms with Crippen molar-refractivity contribution in [2.75, 3.05) is 19.0 Å². The molecule has 1 aliphatic rings. The molecule has 0 radical (unpaired) electrons. The summed E-state index contributed by atoms with van der Waals surface area (Å²) in [5.74, 6) is 5.62. The minimum Gasteiger partial charge on any atom is -0.341 e. The molecule has 108 valence electrons. The first-order valence-corrected chi connectivity index (χ1v) is 6.54. The fourth-order valence-corrected chi connectivity index (χ4v) is 2.37. The van der Waals surface area contributed by atoms with Crippen LogP contribution in [0.15, 0.2) is 18.2 Å². The minimum absolute atomic E-state index is 0.0583. The van der Waals surface area contributed by atoms with Gasteiger partial charge in [-0.1, -0.05) is 12.5 Å². The summed E-state index contributed by atoms with van der Waals surface area (Å²) in [5, 5.41) is 10.9. The van der Waals surface area contributed by atoms with E-state index < -0.39 is 4.92 Å². The lowest BCUT2D eigenvalue weighted by Crippen LogP contribution is -2.34. The number of benzene rings is 1. The predicted molar refractivity (Wildman–Crippen MR) is 75.2 cm³/mol. The van der Waals surface area contributed by atoms with Gasteiger partial charge < -0.3 is 10.3 Å². The average Bonchev–Trinajstić information content (AvgIpc) is 2.40. The molecule has 0 saturated heterocycles. The first-order valence-electron chi connectivity index (χ1n) is 6.54. The summed E-state index contributed by atoms with van der Waals surface area (Å²) in [5.41, 5.74) is 2.36. The maximum atomic E-state index is 12.4. The van der Waals surface area contributed by atoms with Crippen LogP contribution in [0.25, 0.3) is 0 Å². The van der Waals surface area contributed by atoms with Gasteiger partial charge in [-0.25, -0.2) is 0 Å². The van der Waals surface area contributed by atoms with E-state index in [0.717, 1.165) is 12.8 Å². The van der Waals surface area contributed by atoms with Crippen molar-refractivity contribution in [1.29, 1.82) is 0 Å². The van der Waals surface area contributed by atoms with Gasteiger partial charge in [0.1, 0.15) is 5.69 Å². The first kappa shape index (κ1) is 14.3. The number of anilines is 1. The third-order valence-electron chi connectivity index (χ3n) is 3.72. The third-order valence-corrected chi connectivity index (χ3v) is 3.72. The highest BCUT2D eigenvalue weighted by Gasteiger charge is 2.26. The smallest absolute Gasteiger partial charge is 0.294 e. The topological polar surface area (TPSA) is 102 Å². The van der Waals surface area contributed by atoms with Gasteiger partial charge >= 0.3 is 0 Å². The summed E-state index contributed by atoms with van der Waals surface area (Å²) >= 11 is 0. The number of nitrogen functional groups attached to an aromatic ring is 1. The number of nitrogens with two attached hydrogens (primary N) is 1. The summed E-state index contributed by atoms with van der Waals surface area (Å²) in [7, 11) is 1.71. The Labute approximate surface area is 116 Å². The average molecular weight is 278 g/mol. The maximum Gasteiger partial charge on any atom is 0.294 e. The molecule has 0 aliphatic heterocycles. The zero-order chi connectivity index (χ0) is 14.7. The molecule has 0 atom stereocenters. The number of hydrogen-bond acceptors (Lipinski definition) is 5. The number of amides is 1. The summed E-state index contributed by atoms with van der Waals surface area (Å²) in [4.78, 5) is 24.4. The van der Waals surface area contributed by atoms with Crippen molar-refractivity contribution < 1.29 is 9.72 Å². The molecule has 0 bridgehead atoms. The second-order valence-corrected chi connectivity index (χ2v) is 5.08. The molecule has 2 rings (SSSR count). The minimum atomic E-state index is -0.558. The number of para-hydroxylation sites is 1. The van der Waals surface area contributed by atoms with Crippen LogP contribution in [0, 0.1) is 16.0 Å². The number of rotatable bonds is 5. The van der Waals surface area contributed by atoms with E-state index in [1.807, 2.05) is 0 Å². The Morgan fingerprint density at radius 3 is 2.75 bits per heavy atom. The Balaban J connectivity index is 2.24. The molecule has 7 heteroatoms. The van der Waals surface area contributed by atoms with Crippen LogP contribution in [0.3, 0.4) is 0 Å². The van der Waals surface area contributed by atoms with E-state index in [1.54, 1.807) is 18.0 Å². The third kappa shape index (κ3) is 2.72. The lowest BCUT2D eigenvalue weighted by Gasteiger charge is -2.30. The standard InChI is InChI=1S/C13H18N4O3/c1-16(8-9-4-2-5-9)13(18)10-6-3-7-11(17(19)20)12(10)15-14/h3,6-7,9,15H,2,4-5,8,14H2,1H3. The highest BCUT2D eigenvalue weighted by Crippen LogP contribution is 2.30. The SMILES string of the molecule is CN(CC1CCC1)C(=O)c1cccc([N+](=O)[O-])c1NN. The molecule has 7 nitrogen and oxygen atoms in total. The van der Waals surface area contributed by atoms with Crippen LogP contribution >= 0.6 is 0 Å². The fourth-order valence-electron chi connectivity index (χ4n) is 2.37. The molecule has 1 aliphatic carbocycles. The monoisotopic (exact) mass is 278 g/mol. The Kier molecular flexibility index (Phi) is 4.19. The second-order valence-electron chi connectivity index (χ2n) is 5.08. The fraction of sp³-hybridized carbons (Fsp3) is 0.462. The highest BCUT2D eigenvalue weighted by molar-refractivity contribution is 6.01. The Morgan fingerprint density at radius 1 is 1.55 bits per heavy atom. The largest absolute Gasteiger partial charge is 0.341 e. The molecule has 20 heavy (non-hydrogen) atoms. The number of nitrogens with one attached hydrogen (secondary N) is 1. The van der Waals surface area contributed by atoms with Gasteiger partial charge in [-0.3, -0.25) is 20.8 Å². The second kappa shape index (κ2) is 5.87. The number of carbonyl (C=O) groups is 1. The molecule has 3 N–H and O–H groups in total. The van der Waals surface area contributed by atoms with E-state index in [4.69, 9.17) is 5.84 Å². The van der Waals surface area contributed by atoms with E-state index in [9.17, 15) is 14.9 Å².